The molecule has 0 spiro atoms. The van der Waals surface area contributed by atoms with Crippen LogP contribution in [0.5, 0.6) is 0 Å². The monoisotopic (exact) mass is 373 g/mol. The molecule has 0 aliphatic carbocycles. The van der Waals surface area contributed by atoms with Crippen molar-refractivity contribution in [3.63, 3.8) is 0 Å². The van der Waals surface area contributed by atoms with Gasteiger partial charge in [-0.3, -0.25) is 9.52 Å². The van der Waals surface area contributed by atoms with Gasteiger partial charge in [-0.05, 0) is 36.4 Å². The van der Waals surface area contributed by atoms with Crippen LogP contribution in [0, 0.1) is 0 Å². The minimum atomic E-state index is -3.37. The van der Waals surface area contributed by atoms with Crippen LogP contribution < -0.4 is 4.72 Å². The van der Waals surface area contributed by atoms with Gasteiger partial charge in [0.2, 0.25) is 10.0 Å². The molecule has 1 aromatic carbocycles. The number of hydrogen-bond donors (Lipinski definition) is 1. The van der Waals surface area contributed by atoms with E-state index in [0.717, 1.165) is 17.6 Å². The molecule has 0 unspecified atom stereocenters. The predicted octanol–water partition coefficient (Wildman–Crippen LogP) is 2.81. The van der Waals surface area contributed by atoms with Gasteiger partial charge in [0.25, 0.3) is 0 Å². The van der Waals surface area contributed by atoms with Crippen LogP contribution in [0.4, 0.5) is 5.69 Å². The first-order valence-corrected chi connectivity index (χ1v) is 9.37. The number of nitrogens with one attached hydrogen (secondary N) is 1. The van der Waals surface area contributed by atoms with E-state index in [4.69, 9.17) is 16.3 Å². The molecule has 0 bridgehead atoms. The van der Waals surface area contributed by atoms with Gasteiger partial charge in [0, 0.05) is 11.3 Å². The number of anilines is 1. The van der Waals surface area contributed by atoms with E-state index < -0.39 is 28.4 Å². The Hall–Kier alpha value is -1.90. The smallest absolute Gasteiger partial charge is 0.348 e. The largest absolute Gasteiger partial charge is 0.453 e. The number of benzene rings is 1. The number of Topliss-reactive ketones (excluding diaryl/α,β-unsaturated/α-hetero) is 1. The van der Waals surface area contributed by atoms with Crippen LogP contribution in [0.2, 0.25) is 4.34 Å². The summed E-state index contributed by atoms with van der Waals surface area (Å²) < 4.78 is 29.8. The Morgan fingerprint density at radius 1 is 1.17 bits per heavy atom. The Balaban J connectivity index is 1.94. The molecule has 1 heterocycles. The molecule has 6 nitrogen and oxygen atoms in total. The Morgan fingerprint density at radius 2 is 1.83 bits per heavy atom. The zero-order valence-electron chi connectivity index (χ0n) is 11.9. The third kappa shape index (κ3) is 5.34. The van der Waals surface area contributed by atoms with E-state index >= 15 is 0 Å². The summed E-state index contributed by atoms with van der Waals surface area (Å²) in [6, 6.07) is 8.89. The zero-order chi connectivity index (χ0) is 17.0. The molecule has 0 aliphatic heterocycles. The maximum absolute atomic E-state index is 11.9. The number of halogens is 1. The van der Waals surface area contributed by atoms with Gasteiger partial charge in [-0.2, -0.15) is 0 Å². The average Bonchev–Trinajstić information content (AvgIpc) is 2.90. The molecule has 2 aromatic rings. The van der Waals surface area contributed by atoms with Gasteiger partial charge in [0.05, 0.1) is 10.6 Å². The van der Waals surface area contributed by atoms with Crippen LogP contribution in [-0.2, 0) is 14.8 Å². The summed E-state index contributed by atoms with van der Waals surface area (Å²) in [6.45, 7) is -0.410. The molecule has 23 heavy (non-hydrogen) atoms. The number of esters is 1. The fourth-order valence-electron chi connectivity index (χ4n) is 1.65. The average molecular weight is 374 g/mol. The van der Waals surface area contributed by atoms with Gasteiger partial charge in [-0.25, -0.2) is 13.2 Å². The predicted molar refractivity (Wildman–Crippen MR) is 88.9 cm³/mol. The number of hydrogen-bond acceptors (Lipinski definition) is 6. The summed E-state index contributed by atoms with van der Waals surface area (Å²) in [7, 11) is -3.37. The first-order chi connectivity index (χ1) is 10.7. The lowest BCUT2D eigenvalue weighted by Crippen LogP contribution is -2.14. The van der Waals surface area contributed by atoms with Gasteiger partial charge in [0.15, 0.2) is 12.4 Å². The molecular formula is C14H12ClNO5S2. The van der Waals surface area contributed by atoms with Gasteiger partial charge in [-0.15, -0.1) is 11.3 Å². The SMILES string of the molecule is CS(=O)(=O)Nc1ccc(C(=O)COC(=O)c2ccc(Cl)s2)cc1. The van der Waals surface area contributed by atoms with E-state index in [1.54, 1.807) is 6.07 Å². The Kier molecular flexibility index (Phi) is 5.40. The van der Waals surface area contributed by atoms with Gasteiger partial charge in [0.1, 0.15) is 4.88 Å². The molecule has 0 amide bonds. The van der Waals surface area contributed by atoms with Gasteiger partial charge >= 0.3 is 5.97 Å². The molecule has 0 fully saturated rings. The van der Waals surface area contributed by atoms with Crippen LogP contribution in [0.15, 0.2) is 36.4 Å². The summed E-state index contributed by atoms with van der Waals surface area (Å²) >= 11 is 6.78. The molecule has 2 rings (SSSR count). The quantitative estimate of drug-likeness (QED) is 0.621. The van der Waals surface area contributed by atoms with Crippen molar-refractivity contribution in [1.29, 1.82) is 0 Å². The molecule has 122 valence electrons. The van der Waals surface area contributed by atoms with Crippen LogP contribution in [0.25, 0.3) is 0 Å². The van der Waals surface area contributed by atoms with Crippen molar-refractivity contribution in [2.75, 3.05) is 17.6 Å². The van der Waals surface area contributed by atoms with E-state index in [9.17, 15) is 18.0 Å². The molecule has 9 heteroatoms. The second kappa shape index (κ2) is 7.12. The van der Waals surface area contributed by atoms with E-state index in [0.29, 0.717) is 20.5 Å². The summed E-state index contributed by atoms with van der Waals surface area (Å²) in [6.07, 6.45) is 1.03. The normalized spacial score (nSPS) is 11.0. The number of ether oxygens (including phenoxy) is 1. The number of sulfonamides is 1. The van der Waals surface area contributed by atoms with Gasteiger partial charge < -0.3 is 4.74 Å². The third-order valence-corrected chi connectivity index (χ3v) is 4.44. The molecule has 0 saturated heterocycles. The van der Waals surface area contributed by atoms with E-state index in [1.165, 1.54) is 30.3 Å². The number of thiophene rings is 1. The van der Waals surface area contributed by atoms with E-state index in [-0.39, 0.29) is 0 Å². The summed E-state index contributed by atoms with van der Waals surface area (Å²) in [4.78, 5) is 24.0. The molecule has 0 aliphatic rings. The van der Waals surface area contributed by atoms with Crippen molar-refractivity contribution < 1.29 is 22.7 Å². The van der Waals surface area contributed by atoms with Crippen molar-refractivity contribution in [2.24, 2.45) is 0 Å². The Bertz CT molecular complexity index is 827. The van der Waals surface area contributed by atoms with E-state index in [2.05, 4.69) is 4.72 Å². The number of rotatable bonds is 6. The first kappa shape index (κ1) is 17.5. The summed E-state index contributed by atoms with van der Waals surface area (Å²) in [5, 5.41) is 0. The molecule has 1 aromatic heterocycles. The lowest BCUT2D eigenvalue weighted by atomic mass is 10.1. The second-order valence-electron chi connectivity index (χ2n) is 4.55. The number of carbonyl (C=O) groups excluding carboxylic acids is 2. The topological polar surface area (TPSA) is 89.5 Å². The van der Waals surface area contributed by atoms with Crippen LogP contribution in [0.3, 0.4) is 0 Å². The standard InChI is InChI=1S/C14H12ClNO5S2/c1-23(19,20)16-10-4-2-9(3-5-10)11(17)8-21-14(18)12-6-7-13(15)22-12/h2-7,16H,8H2,1H3. The van der Waals surface area contributed by atoms with E-state index in [1.807, 2.05) is 0 Å². The van der Waals surface area contributed by atoms with Crippen LogP contribution >= 0.6 is 22.9 Å². The zero-order valence-corrected chi connectivity index (χ0v) is 14.3. The van der Waals surface area contributed by atoms with Crippen molar-refractivity contribution >= 4 is 50.4 Å². The highest BCUT2D eigenvalue weighted by Gasteiger charge is 2.14. The Morgan fingerprint density at radius 3 is 2.35 bits per heavy atom. The molecular weight excluding hydrogens is 362 g/mol. The molecule has 0 saturated carbocycles. The van der Waals surface area contributed by atoms with Crippen LogP contribution in [-0.4, -0.2) is 33.0 Å². The van der Waals surface area contributed by atoms with Gasteiger partial charge in [-0.1, -0.05) is 11.6 Å². The first-order valence-electron chi connectivity index (χ1n) is 6.28. The highest BCUT2D eigenvalue weighted by atomic mass is 35.5. The highest BCUT2D eigenvalue weighted by molar-refractivity contribution is 7.92. The number of carbonyl (C=O) groups is 2. The molecule has 0 radical (unpaired) electrons. The number of ketones is 1. The lowest BCUT2D eigenvalue weighted by molar-refractivity contribution is 0.0479. The third-order valence-electron chi connectivity index (χ3n) is 2.62. The van der Waals surface area contributed by atoms with Crippen molar-refractivity contribution in [3.05, 3.63) is 51.2 Å². The lowest BCUT2D eigenvalue weighted by Gasteiger charge is -2.06. The summed E-state index contributed by atoms with van der Waals surface area (Å²) in [5.41, 5.74) is 0.648. The second-order valence-corrected chi connectivity index (χ2v) is 8.02. The van der Waals surface area contributed by atoms with Crippen molar-refractivity contribution in [2.45, 2.75) is 0 Å². The molecule has 0 atom stereocenters. The maximum Gasteiger partial charge on any atom is 0.348 e. The fraction of sp³-hybridized carbons (Fsp3) is 0.143. The molecule has 1 N–H and O–H groups in total. The fourth-order valence-corrected chi connectivity index (χ4v) is 3.15. The maximum atomic E-state index is 11.9. The van der Waals surface area contributed by atoms with Crippen molar-refractivity contribution in [1.82, 2.24) is 0 Å². The highest BCUT2D eigenvalue weighted by Crippen LogP contribution is 2.22. The minimum absolute atomic E-state index is 0.307. The Labute approximate surface area is 142 Å². The van der Waals surface area contributed by atoms with Crippen molar-refractivity contribution in [3.8, 4) is 0 Å². The summed E-state index contributed by atoms with van der Waals surface area (Å²) in [5.74, 6) is -1.02. The minimum Gasteiger partial charge on any atom is -0.453 e. The van der Waals surface area contributed by atoms with Crippen LogP contribution in [0.1, 0.15) is 20.0 Å².